The summed E-state index contributed by atoms with van der Waals surface area (Å²) in [6, 6.07) is 35.3. The van der Waals surface area contributed by atoms with Crippen LogP contribution in [0.15, 0.2) is 133 Å². The fourth-order valence-electron chi connectivity index (χ4n) is 9.53. The highest BCUT2D eigenvalue weighted by molar-refractivity contribution is 6.23. The van der Waals surface area contributed by atoms with Crippen LogP contribution in [0, 0.1) is 17.8 Å². The molecule has 0 bridgehead atoms. The molecule has 7 unspecified atom stereocenters. The summed E-state index contributed by atoms with van der Waals surface area (Å²) in [7, 11) is 1.44. The summed E-state index contributed by atoms with van der Waals surface area (Å²) in [4.78, 5) is 64.4. The van der Waals surface area contributed by atoms with E-state index in [1.165, 1.54) is 7.11 Å². The molecule has 5 aromatic carbocycles. The molecule has 3 aliphatic heterocycles. The number of anilines is 1. The van der Waals surface area contributed by atoms with Gasteiger partial charge in [0.05, 0.1) is 49.6 Å². The van der Waals surface area contributed by atoms with Crippen molar-refractivity contribution in [2.75, 3.05) is 51.6 Å². The number of imide groups is 1. The summed E-state index contributed by atoms with van der Waals surface area (Å²) < 4.78 is 23.5. The van der Waals surface area contributed by atoms with E-state index in [-0.39, 0.29) is 63.0 Å². The number of cyclic esters (lactones) is 1. The van der Waals surface area contributed by atoms with Gasteiger partial charge in [0.2, 0.25) is 11.8 Å². The smallest absolute Gasteiger partial charge is 0.421 e. The van der Waals surface area contributed by atoms with Gasteiger partial charge >= 0.3 is 12.1 Å². The molecule has 0 saturated carbocycles. The largest absolute Gasteiger partial charge is 0.491 e. The Balaban J connectivity index is 1.45. The zero-order valence-corrected chi connectivity index (χ0v) is 35.6. The topological polar surface area (TPSA) is 184 Å². The number of benzene rings is 5. The van der Waals surface area contributed by atoms with E-state index in [1.54, 1.807) is 72.8 Å². The van der Waals surface area contributed by atoms with E-state index in [9.17, 15) is 20.1 Å². The van der Waals surface area contributed by atoms with Crippen molar-refractivity contribution in [3.63, 3.8) is 0 Å². The summed E-state index contributed by atoms with van der Waals surface area (Å²) in [5.74, 6) is 2.12. The van der Waals surface area contributed by atoms with Crippen LogP contribution >= 0.6 is 0 Å². The van der Waals surface area contributed by atoms with Crippen molar-refractivity contribution in [1.29, 1.82) is 0 Å². The number of ether oxygens (including phenoxy) is 4. The van der Waals surface area contributed by atoms with E-state index in [1.807, 2.05) is 65.6 Å². The van der Waals surface area contributed by atoms with Crippen molar-refractivity contribution in [3.05, 3.63) is 167 Å². The first-order valence-corrected chi connectivity index (χ1v) is 21.4. The van der Waals surface area contributed by atoms with Gasteiger partial charge in [-0.1, -0.05) is 121 Å². The normalized spacial score (nSPS) is 22.6. The fourth-order valence-corrected chi connectivity index (χ4v) is 9.53. The average molecular weight is 880 g/mol. The van der Waals surface area contributed by atoms with E-state index < -0.39 is 65.5 Å². The van der Waals surface area contributed by atoms with Crippen LogP contribution in [0.1, 0.15) is 64.1 Å². The number of methoxy groups -OCH3 is 1. The molecule has 14 nitrogen and oxygen atoms in total. The highest BCUT2D eigenvalue weighted by Gasteiger charge is 2.76. The van der Waals surface area contributed by atoms with E-state index in [2.05, 4.69) is 17.2 Å². The van der Waals surface area contributed by atoms with Gasteiger partial charge in [-0.15, -0.1) is 0 Å². The summed E-state index contributed by atoms with van der Waals surface area (Å²) in [5.41, 5.74) is 0.759. The molecule has 4 N–H and O–H groups in total. The molecule has 2 fully saturated rings. The van der Waals surface area contributed by atoms with Crippen LogP contribution in [0.4, 0.5) is 10.5 Å². The van der Waals surface area contributed by atoms with E-state index in [0.29, 0.717) is 27.8 Å². The second-order valence-electron chi connectivity index (χ2n) is 15.8. The van der Waals surface area contributed by atoms with Gasteiger partial charge < -0.3 is 39.6 Å². The second kappa shape index (κ2) is 19.9. The highest BCUT2D eigenvalue weighted by Crippen LogP contribution is 2.66. The number of para-hydroxylation sites is 1. The SMILES string of the molecule is COCCOC(=O)N1C(=O)C2(c3cc(C#CCCO)ccc31)C(C(=O)NCC(O)c1ccccc1)C1C(=O)OC(c3ccccc3)C(c3ccccc3)N1C2c1ccccc1OCCO. The molecule has 7 atom stereocenters. The van der Waals surface area contributed by atoms with Gasteiger partial charge in [0.1, 0.15) is 36.5 Å². The zero-order valence-electron chi connectivity index (χ0n) is 35.6. The van der Waals surface area contributed by atoms with Crippen LogP contribution in [-0.4, -0.2) is 96.8 Å². The molecular formula is C51H49N3O11. The van der Waals surface area contributed by atoms with Crippen molar-refractivity contribution in [2.45, 2.75) is 42.2 Å². The van der Waals surface area contributed by atoms with Gasteiger partial charge in [-0.05, 0) is 46.5 Å². The minimum Gasteiger partial charge on any atom is -0.491 e. The number of nitrogens with zero attached hydrogens (tertiary/aromatic N) is 2. The molecule has 14 heteroatoms. The Labute approximate surface area is 376 Å². The van der Waals surface area contributed by atoms with E-state index in [0.717, 1.165) is 4.90 Å². The maximum atomic E-state index is 16.3. The van der Waals surface area contributed by atoms with Crippen molar-refractivity contribution in [3.8, 4) is 17.6 Å². The zero-order chi connectivity index (χ0) is 45.5. The first-order chi connectivity index (χ1) is 31.8. The van der Waals surface area contributed by atoms with Gasteiger partial charge in [0, 0.05) is 31.2 Å². The number of esters is 1. The Bertz CT molecular complexity index is 2570. The van der Waals surface area contributed by atoms with Gasteiger partial charge in [0.15, 0.2) is 0 Å². The molecule has 334 valence electrons. The van der Waals surface area contributed by atoms with Gasteiger partial charge in [-0.2, -0.15) is 0 Å². The Morgan fingerprint density at radius 2 is 1.49 bits per heavy atom. The molecule has 3 amide bonds. The Morgan fingerprint density at radius 1 is 0.815 bits per heavy atom. The molecular weight excluding hydrogens is 831 g/mol. The van der Waals surface area contributed by atoms with Crippen molar-refractivity contribution < 1.29 is 53.4 Å². The van der Waals surface area contributed by atoms with Gasteiger partial charge in [0.25, 0.3) is 0 Å². The van der Waals surface area contributed by atoms with Crippen molar-refractivity contribution >= 4 is 29.6 Å². The third-order valence-electron chi connectivity index (χ3n) is 12.1. The third kappa shape index (κ3) is 8.36. The monoisotopic (exact) mass is 879 g/mol. The Morgan fingerprint density at radius 3 is 2.18 bits per heavy atom. The van der Waals surface area contributed by atoms with Crippen LogP contribution in [0.25, 0.3) is 0 Å². The minimum atomic E-state index is -2.16. The highest BCUT2D eigenvalue weighted by atomic mass is 16.6. The van der Waals surface area contributed by atoms with Crippen molar-refractivity contribution in [2.24, 2.45) is 5.92 Å². The number of aliphatic hydroxyl groups is 3. The number of rotatable bonds is 14. The van der Waals surface area contributed by atoms with E-state index in [4.69, 9.17) is 18.9 Å². The minimum absolute atomic E-state index is 0.0272. The standard InChI is InChI=1S/C51H49N3O11/c1-62-29-30-64-50(61)53-39-25-24-33(15-13-14-26-55)31-38(39)51(49(53)60)42(47(58)52-32-40(57)34-16-5-2-6-17-34)44-48(59)65-45(36-20-9-4-10-21-36)43(35-18-7-3-8-19-35)54(44)46(51)37-22-11-12-23-41(37)63-28-27-56/h2-12,16-25,31,40,42-46,55-57H,14,26-30,32H2,1H3,(H,52,58). The quantitative estimate of drug-likeness (QED) is 0.0660. The van der Waals surface area contributed by atoms with Crippen molar-refractivity contribution in [1.82, 2.24) is 10.2 Å². The summed E-state index contributed by atoms with van der Waals surface area (Å²) in [6.45, 7) is -1.16. The Kier molecular flexibility index (Phi) is 13.7. The Hall–Kier alpha value is -6.86. The molecule has 0 aliphatic carbocycles. The third-order valence-corrected chi connectivity index (χ3v) is 12.1. The molecule has 0 aromatic heterocycles. The number of aliphatic hydroxyl groups excluding tert-OH is 3. The lowest BCUT2D eigenvalue weighted by Gasteiger charge is -2.46. The predicted octanol–water partition coefficient (Wildman–Crippen LogP) is 5.09. The predicted molar refractivity (Wildman–Crippen MR) is 237 cm³/mol. The molecule has 5 aromatic rings. The fraction of sp³-hybridized carbons (Fsp3) is 0.294. The van der Waals surface area contributed by atoms with Crippen LogP contribution in [-0.2, 0) is 34.0 Å². The molecule has 3 heterocycles. The number of carbonyl (C=O) groups is 4. The number of amides is 3. The summed E-state index contributed by atoms with van der Waals surface area (Å²) in [6.07, 6.45) is -3.05. The number of nitrogens with one attached hydrogen (secondary N) is 1. The number of carbonyl (C=O) groups excluding carboxylic acids is 4. The lowest BCUT2D eigenvalue weighted by Crippen LogP contribution is -2.56. The second-order valence-corrected chi connectivity index (χ2v) is 15.8. The lowest BCUT2D eigenvalue weighted by molar-refractivity contribution is -0.178. The van der Waals surface area contributed by atoms with E-state index >= 15 is 14.4 Å². The maximum absolute atomic E-state index is 16.3. The first-order valence-electron chi connectivity index (χ1n) is 21.4. The van der Waals surface area contributed by atoms with Crippen LogP contribution in [0.3, 0.4) is 0 Å². The molecule has 65 heavy (non-hydrogen) atoms. The summed E-state index contributed by atoms with van der Waals surface area (Å²) >= 11 is 0. The molecule has 3 aliphatic rings. The molecule has 1 spiro atoms. The number of fused-ring (bicyclic) bond motifs is 3. The van der Waals surface area contributed by atoms with Crippen LogP contribution in [0.5, 0.6) is 5.75 Å². The molecule has 0 radical (unpaired) electrons. The van der Waals surface area contributed by atoms with Crippen LogP contribution in [0.2, 0.25) is 0 Å². The first kappa shape index (κ1) is 44.7. The van der Waals surface area contributed by atoms with Gasteiger partial charge in [-0.3, -0.25) is 19.3 Å². The summed E-state index contributed by atoms with van der Waals surface area (Å²) in [5, 5.41) is 33.9. The van der Waals surface area contributed by atoms with Crippen LogP contribution < -0.4 is 15.0 Å². The lowest BCUT2D eigenvalue weighted by atomic mass is 9.65. The number of morpholine rings is 1. The maximum Gasteiger partial charge on any atom is 0.421 e. The average Bonchev–Trinajstić information content (AvgIpc) is 3.79. The number of hydrogen-bond acceptors (Lipinski definition) is 12. The van der Waals surface area contributed by atoms with Gasteiger partial charge in [-0.25, -0.2) is 9.69 Å². The molecule has 8 rings (SSSR count). The molecule has 2 saturated heterocycles. The number of hydrogen-bond donors (Lipinski definition) is 4.